The molecule has 4 aliphatic heterocycles. The van der Waals surface area contributed by atoms with Crippen LogP contribution < -0.4 is 5.32 Å². The van der Waals surface area contributed by atoms with E-state index in [1.807, 2.05) is 0 Å². The monoisotopic (exact) mass is 1720 g/mol. The summed E-state index contributed by atoms with van der Waals surface area (Å²) in [5, 5.41) is 34.3. The minimum Gasteiger partial charge on any atom is -0.355 e. The number of piperidine rings is 4. The highest BCUT2D eigenvalue weighted by atomic mass is 19.4. The standard InChI is InChI=1S/C22H22F3N5O2.C22H21F3N4O2.C21H20F3N5O2.C21H19F3N4O2/c1-28(2)20(31)15-7-8-18-26-27-19(30(18)13-15)21(32)29-11-9-14(10-12-29)16-5-3-4-6-17(16)22(23,24)25;1-2-18(30)15-9-12-29-19(13-15)26-27-20(29)21(31)28-10-7-14(8-11-28)16-5-3-4-6-17(16)22(23,24)25;1-25-19(30)14-6-7-17-26-27-18(29(17)12-14)20(31)28-10-8-13(9-11-28)15-4-2-3-5-16(15)21(22,23)24;1-13(29)15-8-11-28-18(12-15)25-26-19(28)20(30)27-9-6-14(7-10-27)16-4-2-3-5-17(16)21(22,23)24/h3-8,13-14H,9-12H2,1-2H3;3-6,9,12-14H,2,7-8,10-11H2,1H3;2-7,12-13H,8-11H2,1H3,(H,25,30);2-5,8,11-12,14H,6-7,9-10H2,1H3. The summed E-state index contributed by atoms with van der Waals surface area (Å²) in [6, 6.07) is 35.2. The highest BCUT2D eigenvalue weighted by Crippen LogP contribution is 2.44. The van der Waals surface area contributed by atoms with E-state index in [-0.39, 0.29) is 116 Å². The van der Waals surface area contributed by atoms with E-state index in [9.17, 15) is 91.0 Å². The fourth-order valence-electron chi connectivity index (χ4n) is 16.0. The van der Waals surface area contributed by atoms with Crippen LogP contribution in [0.2, 0.25) is 0 Å². The van der Waals surface area contributed by atoms with Gasteiger partial charge in [0.25, 0.3) is 35.4 Å². The number of nitrogens with one attached hydrogen (secondary N) is 1. The van der Waals surface area contributed by atoms with Gasteiger partial charge in [-0.2, -0.15) is 52.7 Å². The smallest absolute Gasteiger partial charge is 0.355 e. The molecule has 12 heterocycles. The predicted molar refractivity (Wildman–Crippen MR) is 425 cm³/mol. The van der Waals surface area contributed by atoms with E-state index in [0.29, 0.717) is 155 Å². The molecule has 4 fully saturated rings. The summed E-state index contributed by atoms with van der Waals surface area (Å²) < 4.78 is 166. The third-order valence-corrected chi connectivity index (χ3v) is 22.5. The van der Waals surface area contributed by atoms with E-state index in [1.165, 1.54) is 97.4 Å². The number of halogens is 12. The summed E-state index contributed by atoms with van der Waals surface area (Å²) in [4.78, 5) is 107. The quantitative estimate of drug-likeness (QED) is 0.0829. The molecule has 1 N–H and O–H groups in total. The molecule has 124 heavy (non-hydrogen) atoms. The number of rotatable bonds is 13. The van der Waals surface area contributed by atoms with Gasteiger partial charge in [-0.3, -0.25) is 56.0 Å². The lowest BCUT2D eigenvalue weighted by atomic mass is 9.86. The van der Waals surface area contributed by atoms with Gasteiger partial charge in [0.1, 0.15) is 0 Å². The number of nitrogens with zero attached hydrogens (tertiary/aromatic N) is 17. The Balaban J connectivity index is 0.000000142. The first-order valence-electron chi connectivity index (χ1n) is 39.7. The minimum absolute atomic E-state index is 0.0282. The number of ketones is 2. The van der Waals surface area contributed by atoms with Crippen LogP contribution in [-0.4, -0.2) is 203 Å². The molecule has 8 aromatic heterocycles. The van der Waals surface area contributed by atoms with Crippen LogP contribution in [0.15, 0.2) is 170 Å². The highest BCUT2D eigenvalue weighted by molar-refractivity contribution is 5.99. The fourth-order valence-corrected chi connectivity index (χ4v) is 16.0. The van der Waals surface area contributed by atoms with Crippen molar-refractivity contribution < 1.29 is 91.0 Å². The molecule has 26 nitrogen and oxygen atoms in total. The Morgan fingerprint density at radius 2 is 0.645 bits per heavy atom. The van der Waals surface area contributed by atoms with E-state index >= 15 is 0 Å². The van der Waals surface area contributed by atoms with Gasteiger partial charge in [-0.1, -0.05) is 79.7 Å². The number of fused-ring (bicyclic) bond motifs is 4. The van der Waals surface area contributed by atoms with Crippen molar-refractivity contribution in [1.29, 1.82) is 0 Å². The minimum atomic E-state index is -4.41. The van der Waals surface area contributed by atoms with Crippen molar-refractivity contribution in [3.63, 3.8) is 0 Å². The Bertz CT molecular complexity index is 5980. The van der Waals surface area contributed by atoms with Crippen molar-refractivity contribution in [1.82, 2.24) is 88.2 Å². The summed E-state index contributed by atoms with van der Waals surface area (Å²) >= 11 is 0. The van der Waals surface area contributed by atoms with Gasteiger partial charge < -0.3 is 29.8 Å². The molecule has 0 radical (unpaired) electrons. The van der Waals surface area contributed by atoms with Crippen LogP contribution in [0.4, 0.5) is 52.7 Å². The van der Waals surface area contributed by atoms with Crippen LogP contribution in [-0.2, 0) is 24.7 Å². The Labute approximate surface area is 699 Å². The number of hydrogen-bond acceptors (Lipinski definition) is 16. The van der Waals surface area contributed by atoms with E-state index in [2.05, 4.69) is 46.1 Å². The van der Waals surface area contributed by atoms with Crippen molar-refractivity contribution in [2.75, 3.05) is 73.5 Å². The third-order valence-electron chi connectivity index (χ3n) is 22.5. The molecule has 0 aliphatic carbocycles. The molecule has 4 aliphatic rings. The number of alkyl halides is 12. The molecular weight excluding hydrogens is 1640 g/mol. The molecule has 4 saturated heterocycles. The summed E-state index contributed by atoms with van der Waals surface area (Å²) in [5.41, 5.74) is 1.99. The van der Waals surface area contributed by atoms with Crippen molar-refractivity contribution >= 4 is 69.6 Å². The first kappa shape index (κ1) is 88.5. The Morgan fingerprint density at radius 3 is 0.944 bits per heavy atom. The van der Waals surface area contributed by atoms with Crippen LogP contribution >= 0.6 is 0 Å². The van der Waals surface area contributed by atoms with Crippen molar-refractivity contribution in [3.8, 4) is 0 Å². The van der Waals surface area contributed by atoms with E-state index in [0.717, 1.165) is 24.3 Å². The van der Waals surface area contributed by atoms with Gasteiger partial charge in [0.15, 0.2) is 34.2 Å². The molecule has 0 saturated carbocycles. The second-order valence-electron chi connectivity index (χ2n) is 30.4. The maximum Gasteiger partial charge on any atom is 0.416 e. The molecule has 16 rings (SSSR count). The van der Waals surface area contributed by atoms with Crippen molar-refractivity contribution in [2.45, 2.75) is 120 Å². The number of hydrogen-bond donors (Lipinski definition) is 1. The molecule has 4 aromatic carbocycles. The molecule has 38 heteroatoms. The summed E-state index contributed by atoms with van der Waals surface area (Å²) in [6.07, 6.45) is -7.67. The summed E-state index contributed by atoms with van der Waals surface area (Å²) in [5.74, 6) is -2.78. The van der Waals surface area contributed by atoms with E-state index < -0.39 is 47.0 Å². The zero-order valence-corrected chi connectivity index (χ0v) is 67.4. The van der Waals surface area contributed by atoms with Gasteiger partial charge >= 0.3 is 24.7 Å². The van der Waals surface area contributed by atoms with Crippen LogP contribution in [0.5, 0.6) is 0 Å². The first-order chi connectivity index (χ1) is 59.0. The normalized spacial score (nSPS) is 15.4. The maximum absolute atomic E-state index is 13.4. The molecule has 648 valence electrons. The van der Waals surface area contributed by atoms with Crippen LogP contribution in [0.3, 0.4) is 0 Å². The van der Waals surface area contributed by atoms with Gasteiger partial charge in [-0.05, 0) is 177 Å². The second kappa shape index (κ2) is 36.8. The molecule has 0 atom stereocenters. The number of carbonyl (C=O) groups is 8. The Kier molecular flexibility index (Phi) is 26.2. The van der Waals surface area contributed by atoms with Crippen LogP contribution in [0.1, 0.15) is 224 Å². The molecular formula is C86H82F12N18O8. The fraction of sp³-hybridized carbons (Fsp3) is 0.349. The zero-order valence-electron chi connectivity index (χ0n) is 67.4. The van der Waals surface area contributed by atoms with Gasteiger partial charge in [0.2, 0.25) is 23.3 Å². The van der Waals surface area contributed by atoms with E-state index in [1.54, 1.807) is 126 Å². The summed E-state index contributed by atoms with van der Waals surface area (Å²) in [6.45, 7) is 5.75. The lowest BCUT2D eigenvalue weighted by Crippen LogP contribution is -2.39. The lowest BCUT2D eigenvalue weighted by molar-refractivity contribution is -0.139. The number of amides is 6. The zero-order chi connectivity index (χ0) is 88.9. The number of likely N-dealkylation sites (tertiary alicyclic amines) is 4. The van der Waals surface area contributed by atoms with Crippen molar-refractivity contribution in [2.24, 2.45) is 0 Å². The number of benzene rings is 4. The van der Waals surface area contributed by atoms with Crippen LogP contribution in [0, 0.1) is 0 Å². The molecule has 6 amide bonds. The number of pyridine rings is 4. The summed E-state index contributed by atoms with van der Waals surface area (Å²) in [7, 11) is 4.77. The van der Waals surface area contributed by atoms with E-state index in [4.69, 9.17) is 0 Å². The second-order valence-corrected chi connectivity index (χ2v) is 30.4. The van der Waals surface area contributed by atoms with Crippen LogP contribution in [0.25, 0.3) is 22.6 Å². The topological polar surface area (TPSA) is 286 Å². The number of carbonyl (C=O) groups excluding carboxylic acids is 8. The Hall–Kier alpha value is -13.3. The number of Topliss-reactive ketones (excluding diaryl/α,β-unsaturated/α-hetero) is 2. The maximum atomic E-state index is 13.4. The molecule has 0 unspecified atom stereocenters. The SMILES string of the molecule is CC(=O)c1ccn2c(C(=O)N3CCC(c4ccccc4C(F)(F)F)CC3)nnc2c1.CCC(=O)c1ccn2c(C(=O)N3CCC(c4ccccc4C(F)(F)F)CC3)nnc2c1.CN(C)C(=O)c1ccc2nnc(C(=O)N3CCC(c4ccccc4C(F)(F)F)CC3)n2c1.CNC(=O)c1ccc2nnc(C(=O)N3CCC(c4ccccc4C(F)(F)F)CC3)n2c1. The average Bonchev–Trinajstić information content (AvgIpc) is 1.74. The van der Waals surface area contributed by atoms with Gasteiger partial charge in [0.05, 0.1) is 33.4 Å². The first-order valence-corrected chi connectivity index (χ1v) is 39.7. The largest absolute Gasteiger partial charge is 0.416 e. The molecule has 12 aromatic rings. The number of aromatic nitrogens is 12. The third kappa shape index (κ3) is 19.4. The highest BCUT2D eigenvalue weighted by Gasteiger charge is 2.42. The molecule has 0 spiro atoms. The van der Waals surface area contributed by atoms with Gasteiger partial charge in [0, 0.05) is 116 Å². The van der Waals surface area contributed by atoms with Gasteiger partial charge in [-0.25, -0.2) is 0 Å². The Morgan fingerprint density at radius 1 is 0.363 bits per heavy atom. The van der Waals surface area contributed by atoms with Gasteiger partial charge in [-0.15, -0.1) is 40.8 Å². The predicted octanol–water partition coefficient (Wildman–Crippen LogP) is 14.9. The molecule has 0 bridgehead atoms. The van der Waals surface area contributed by atoms with Crippen molar-refractivity contribution in [3.05, 3.63) is 260 Å². The average molecular weight is 1720 g/mol. The lowest BCUT2D eigenvalue weighted by Gasteiger charge is -2.32.